The first kappa shape index (κ1) is 16.2. The Morgan fingerprint density at radius 2 is 1.75 bits per heavy atom. The molecule has 5 heteroatoms. The standard InChI is InChI=1S/C19H21N3O2/c1-2-14-5-7-17(8-6-14)21-18(23)15-11-16(13-20-12-15)19(24)22-9-3-4-10-22/h5-8,11-13H,2-4,9-10H2,1H3,(H,21,23). The molecule has 0 bridgehead atoms. The van der Waals surface area contributed by atoms with Gasteiger partial charge in [-0.15, -0.1) is 0 Å². The average molecular weight is 323 g/mol. The predicted molar refractivity (Wildman–Crippen MR) is 93.1 cm³/mol. The highest BCUT2D eigenvalue weighted by molar-refractivity contribution is 6.05. The molecule has 3 rings (SSSR count). The van der Waals surface area contributed by atoms with Crippen molar-refractivity contribution in [3.8, 4) is 0 Å². The summed E-state index contributed by atoms with van der Waals surface area (Å²) in [6.07, 6.45) is 6.03. The van der Waals surface area contributed by atoms with Crippen LogP contribution in [0.2, 0.25) is 0 Å². The molecule has 1 aliphatic heterocycles. The SMILES string of the molecule is CCc1ccc(NC(=O)c2cncc(C(=O)N3CCCC3)c2)cc1. The van der Waals surface area contributed by atoms with Crippen molar-refractivity contribution in [1.29, 1.82) is 0 Å². The first-order valence-corrected chi connectivity index (χ1v) is 8.32. The number of hydrogen-bond donors (Lipinski definition) is 1. The fourth-order valence-electron chi connectivity index (χ4n) is 2.81. The van der Waals surface area contributed by atoms with Crippen LogP contribution in [-0.2, 0) is 6.42 Å². The molecule has 0 unspecified atom stereocenters. The fourth-order valence-corrected chi connectivity index (χ4v) is 2.81. The number of benzene rings is 1. The number of hydrogen-bond acceptors (Lipinski definition) is 3. The van der Waals surface area contributed by atoms with E-state index < -0.39 is 0 Å². The van der Waals surface area contributed by atoms with Crippen molar-refractivity contribution in [1.82, 2.24) is 9.88 Å². The number of anilines is 1. The highest BCUT2D eigenvalue weighted by Gasteiger charge is 2.20. The summed E-state index contributed by atoms with van der Waals surface area (Å²) in [5, 5.41) is 2.84. The Morgan fingerprint density at radius 3 is 2.42 bits per heavy atom. The fraction of sp³-hybridized carbons (Fsp3) is 0.316. The van der Waals surface area contributed by atoms with Crippen molar-refractivity contribution in [2.24, 2.45) is 0 Å². The van der Waals surface area contributed by atoms with E-state index in [4.69, 9.17) is 0 Å². The van der Waals surface area contributed by atoms with Gasteiger partial charge in [0.1, 0.15) is 0 Å². The molecule has 2 aromatic rings. The minimum atomic E-state index is -0.261. The van der Waals surface area contributed by atoms with Crippen molar-refractivity contribution in [3.63, 3.8) is 0 Å². The number of aryl methyl sites for hydroxylation is 1. The third-order valence-electron chi connectivity index (χ3n) is 4.26. The minimum Gasteiger partial charge on any atom is -0.339 e. The molecule has 0 saturated carbocycles. The molecule has 24 heavy (non-hydrogen) atoms. The Balaban J connectivity index is 1.72. The third kappa shape index (κ3) is 3.62. The quantitative estimate of drug-likeness (QED) is 0.940. The van der Waals surface area contributed by atoms with Crippen molar-refractivity contribution >= 4 is 17.5 Å². The largest absolute Gasteiger partial charge is 0.339 e. The summed E-state index contributed by atoms with van der Waals surface area (Å²) in [6.45, 7) is 3.64. The van der Waals surface area contributed by atoms with Gasteiger partial charge in [-0.3, -0.25) is 14.6 Å². The van der Waals surface area contributed by atoms with Crippen LogP contribution in [0.15, 0.2) is 42.7 Å². The number of carbonyl (C=O) groups excluding carboxylic acids is 2. The Bertz CT molecular complexity index is 735. The van der Waals surface area contributed by atoms with Crippen molar-refractivity contribution in [2.75, 3.05) is 18.4 Å². The predicted octanol–water partition coefficient (Wildman–Crippen LogP) is 3.13. The maximum Gasteiger partial charge on any atom is 0.257 e. The van der Waals surface area contributed by atoms with E-state index >= 15 is 0 Å². The lowest BCUT2D eigenvalue weighted by atomic mass is 10.1. The number of likely N-dealkylation sites (tertiary alicyclic amines) is 1. The van der Waals surface area contributed by atoms with Crippen LogP contribution in [0.4, 0.5) is 5.69 Å². The molecule has 1 N–H and O–H groups in total. The molecule has 0 atom stereocenters. The van der Waals surface area contributed by atoms with Crippen LogP contribution >= 0.6 is 0 Å². The zero-order chi connectivity index (χ0) is 16.9. The van der Waals surface area contributed by atoms with Gasteiger partial charge in [0, 0.05) is 31.2 Å². The molecule has 2 amide bonds. The highest BCUT2D eigenvalue weighted by atomic mass is 16.2. The van der Waals surface area contributed by atoms with Crippen LogP contribution in [0.3, 0.4) is 0 Å². The second-order valence-electron chi connectivity index (χ2n) is 5.97. The number of rotatable bonds is 4. The number of amides is 2. The van der Waals surface area contributed by atoms with Crippen LogP contribution in [0.25, 0.3) is 0 Å². The lowest BCUT2D eigenvalue weighted by Gasteiger charge is -2.15. The van der Waals surface area contributed by atoms with Crippen LogP contribution < -0.4 is 5.32 Å². The number of nitrogens with zero attached hydrogens (tertiary/aromatic N) is 2. The van der Waals surface area contributed by atoms with E-state index in [1.54, 1.807) is 6.07 Å². The Morgan fingerprint density at radius 1 is 1.08 bits per heavy atom. The van der Waals surface area contributed by atoms with E-state index in [2.05, 4.69) is 17.2 Å². The van der Waals surface area contributed by atoms with Gasteiger partial charge in [-0.25, -0.2) is 0 Å². The number of nitrogens with one attached hydrogen (secondary N) is 1. The maximum atomic E-state index is 12.4. The highest BCUT2D eigenvalue weighted by Crippen LogP contribution is 2.15. The molecule has 0 radical (unpaired) electrons. The molecular weight excluding hydrogens is 302 g/mol. The molecule has 1 fully saturated rings. The maximum absolute atomic E-state index is 12.4. The van der Waals surface area contributed by atoms with E-state index in [0.717, 1.165) is 38.0 Å². The summed E-state index contributed by atoms with van der Waals surface area (Å²) >= 11 is 0. The lowest BCUT2D eigenvalue weighted by Crippen LogP contribution is -2.28. The molecule has 2 heterocycles. The zero-order valence-electron chi connectivity index (χ0n) is 13.8. The number of pyridine rings is 1. The molecule has 1 aromatic carbocycles. The van der Waals surface area contributed by atoms with E-state index in [0.29, 0.717) is 11.1 Å². The van der Waals surface area contributed by atoms with E-state index in [-0.39, 0.29) is 11.8 Å². The summed E-state index contributed by atoms with van der Waals surface area (Å²) in [5.74, 6) is -0.315. The molecule has 0 spiro atoms. The van der Waals surface area contributed by atoms with Crippen molar-refractivity contribution in [2.45, 2.75) is 26.2 Å². The molecular formula is C19H21N3O2. The zero-order valence-corrected chi connectivity index (χ0v) is 13.8. The smallest absolute Gasteiger partial charge is 0.257 e. The van der Waals surface area contributed by atoms with Gasteiger partial charge in [0.15, 0.2) is 0 Å². The second kappa shape index (κ2) is 7.25. The Labute approximate surface area is 141 Å². The number of carbonyl (C=O) groups is 2. The van der Waals surface area contributed by atoms with Gasteiger partial charge in [0.05, 0.1) is 11.1 Å². The molecule has 124 valence electrons. The van der Waals surface area contributed by atoms with Crippen LogP contribution in [0.5, 0.6) is 0 Å². The van der Waals surface area contributed by atoms with Gasteiger partial charge in [0.25, 0.3) is 11.8 Å². The van der Waals surface area contributed by atoms with E-state index in [1.165, 1.54) is 18.0 Å². The van der Waals surface area contributed by atoms with Gasteiger partial charge < -0.3 is 10.2 Å². The monoisotopic (exact) mass is 323 g/mol. The van der Waals surface area contributed by atoms with E-state index in [9.17, 15) is 9.59 Å². The van der Waals surface area contributed by atoms with Gasteiger partial charge in [-0.2, -0.15) is 0 Å². The molecule has 1 aliphatic rings. The molecule has 1 aromatic heterocycles. The average Bonchev–Trinajstić information content (AvgIpc) is 3.16. The minimum absolute atomic E-state index is 0.0538. The van der Waals surface area contributed by atoms with Crippen molar-refractivity contribution < 1.29 is 9.59 Å². The summed E-state index contributed by atoms with van der Waals surface area (Å²) in [5.41, 5.74) is 2.80. The number of aromatic nitrogens is 1. The summed E-state index contributed by atoms with van der Waals surface area (Å²) < 4.78 is 0. The van der Waals surface area contributed by atoms with Crippen LogP contribution in [-0.4, -0.2) is 34.8 Å². The second-order valence-corrected chi connectivity index (χ2v) is 5.97. The molecule has 1 saturated heterocycles. The third-order valence-corrected chi connectivity index (χ3v) is 4.26. The summed E-state index contributed by atoms with van der Waals surface area (Å²) in [6, 6.07) is 9.35. The Hall–Kier alpha value is -2.69. The van der Waals surface area contributed by atoms with Gasteiger partial charge in [-0.05, 0) is 43.0 Å². The van der Waals surface area contributed by atoms with Crippen LogP contribution in [0, 0.1) is 0 Å². The van der Waals surface area contributed by atoms with Gasteiger partial charge in [0.2, 0.25) is 0 Å². The topological polar surface area (TPSA) is 62.3 Å². The molecule has 5 nitrogen and oxygen atoms in total. The molecule has 0 aliphatic carbocycles. The van der Waals surface area contributed by atoms with Gasteiger partial charge in [-0.1, -0.05) is 19.1 Å². The first-order chi connectivity index (χ1) is 11.7. The normalized spacial score (nSPS) is 13.8. The Kier molecular flexibility index (Phi) is 4.89. The summed E-state index contributed by atoms with van der Waals surface area (Å²) in [4.78, 5) is 30.7. The van der Waals surface area contributed by atoms with Gasteiger partial charge >= 0.3 is 0 Å². The lowest BCUT2D eigenvalue weighted by molar-refractivity contribution is 0.0792. The first-order valence-electron chi connectivity index (χ1n) is 8.32. The van der Waals surface area contributed by atoms with Crippen LogP contribution in [0.1, 0.15) is 46.0 Å². The van der Waals surface area contributed by atoms with E-state index in [1.807, 2.05) is 29.2 Å². The summed E-state index contributed by atoms with van der Waals surface area (Å²) in [7, 11) is 0. The van der Waals surface area contributed by atoms with Crippen molar-refractivity contribution in [3.05, 3.63) is 59.4 Å².